The van der Waals surface area contributed by atoms with Crippen LogP contribution >= 0.6 is 23.2 Å². The number of carbonyl (C=O) groups excluding carboxylic acids is 4. The van der Waals surface area contributed by atoms with E-state index < -0.39 is 23.6 Å². The molecular weight excluding hydrogens is 595 g/mol. The summed E-state index contributed by atoms with van der Waals surface area (Å²) in [5, 5.41) is 6.58. The van der Waals surface area contributed by atoms with Gasteiger partial charge in [-0.1, -0.05) is 71.7 Å². The maximum atomic E-state index is 13.9. The third-order valence-electron chi connectivity index (χ3n) is 8.82. The third-order valence-corrected chi connectivity index (χ3v) is 9.46. The van der Waals surface area contributed by atoms with Gasteiger partial charge in [-0.05, 0) is 80.8 Å². The van der Waals surface area contributed by atoms with Gasteiger partial charge in [-0.15, -0.1) is 0 Å². The molecular formula is C36H16Cl2N2O4. The first-order valence-corrected chi connectivity index (χ1v) is 14.6. The summed E-state index contributed by atoms with van der Waals surface area (Å²) in [5.74, 6) is -1.81. The van der Waals surface area contributed by atoms with Gasteiger partial charge in [0.1, 0.15) is 0 Å². The summed E-state index contributed by atoms with van der Waals surface area (Å²) in [4.78, 5) is 57.7. The maximum absolute atomic E-state index is 13.9. The molecule has 0 saturated heterocycles. The molecule has 0 saturated carbocycles. The number of imide groups is 2. The van der Waals surface area contributed by atoms with Crippen molar-refractivity contribution in [3.8, 4) is 0 Å². The number of rotatable bonds is 2. The number of hydrogen-bond acceptors (Lipinski definition) is 4. The third kappa shape index (κ3) is 3.01. The minimum atomic E-state index is -0.453. The first kappa shape index (κ1) is 25.2. The van der Waals surface area contributed by atoms with Crippen molar-refractivity contribution in [2.45, 2.75) is 0 Å². The monoisotopic (exact) mass is 610 g/mol. The fraction of sp³-hybridized carbons (Fsp3) is 0. The lowest BCUT2D eigenvalue weighted by atomic mass is 9.82. The highest BCUT2D eigenvalue weighted by Gasteiger charge is 2.38. The van der Waals surface area contributed by atoms with Gasteiger partial charge in [0.25, 0.3) is 23.6 Å². The Balaban J connectivity index is 1.33. The number of fused-ring (bicyclic) bond motifs is 2. The number of para-hydroxylation sites is 2. The Bertz CT molecular complexity index is 2230. The Morgan fingerprint density at radius 1 is 0.364 bits per heavy atom. The highest BCUT2D eigenvalue weighted by molar-refractivity contribution is 6.46. The van der Waals surface area contributed by atoms with Crippen LogP contribution in [-0.4, -0.2) is 23.6 Å². The van der Waals surface area contributed by atoms with E-state index in [2.05, 4.69) is 0 Å². The van der Waals surface area contributed by atoms with Crippen LogP contribution < -0.4 is 9.80 Å². The number of carbonyl (C=O) groups is 4. The molecule has 9 rings (SSSR count). The zero-order valence-electron chi connectivity index (χ0n) is 22.5. The van der Waals surface area contributed by atoms with Crippen LogP contribution in [0.2, 0.25) is 10.0 Å². The lowest BCUT2D eigenvalue weighted by Gasteiger charge is -2.30. The fourth-order valence-corrected chi connectivity index (χ4v) is 7.41. The molecule has 0 aromatic heterocycles. The summed E-state index contributed by atoms with van der Waals surface area (Å²) in [5.41, 5.74) is 2.25. The fourth-order valence-electron chi connectivity index (χ4n) is 6.97. The largest absolute Gasteiger partial charge is 0.268 e. The number of anilines is 2. The first-order chi connectivity index (χ1) is 21.4. The second-order valence-corrected chi connectivity index (χ2v) is 11.8. The average molecular weight is 611 g/mol. The Morgan fingerprint density at radius 2 is 0.659 bits per heavy atom. The van der Waals surface area contributed by atoms with E-state index in [-0.39, 0.29) is 0 Å². The molecule has 0 fully saturated rings. The van der Waals surface area contributed by atoms with Crippen molar-refractivity contribution in [2.24, 2.45) is 0 Å². The standard InChI is InChI=1S/C36H16Cl2N2O4/c37-25-5-1-3-7-27(25)39-33(41)21-13-9-17-19-11-15-23-32-24(36(44)40(35(23)43)28-8-4-2-6-26(28)38)16-12-20(30(19)32)18-10-14-22(34(39)42)31(21)29(17)18/h1-16H. The van der Waals surface area contributed by atoms with Crippen LogP contribution in [0.25, 0.3) is 43.1 Å². The number of halogens is 2. The van der Waals surface area contributed by atoms with Crippen molar-refractivity contribution in [3.05, 3.63) is 129 Å². The van der Waals surface area contributed by atoms with Crippen LogP contribution in [0.5, 0.6) is 0 Å². The molecule has 0 atom stereocenters. The molecule has 8 heteroatoms. The highest BCUT2D eigenvalue weighted by Crippen LogP contribution is 2.47. The summed E-state index contributed by atoms with van der Waals surface area (Å²) in [6.07, 6.45) is 0. The normalized spacial score (nSPS) is 14.7. The predicted molar refractivity (Wildman–Crippen MR) is 173 cm³/mol. The van der Waals surface area contributed by atoms with Crippen LogP contribution in [-0.2, 0) is 0 Å². The van der Waals surface area contributed by atoms with Crippen molar-refractivity contribution in [2.75, 3.05) is 9.80 Å². The lowest BCUT2D eigenvalue weighted by Crippen LogP contribution is -2.40. The summed E-state index contributed by atoms with van der Waals surface area (Å²) in [6.45, 7) is 0. The first-order valence-electron chi connectivity index (χ1n) is 13.8. The molecule has 0 unspecified atom stereocenters. The molecule has 0 aliphatic carbocycles. The minimum absolute atomic E-state index is 0.300. The van der Waals surface area contributed by atoms with Gasteiger partial charge in [-0.3, -0.25) is 19.2 Å². The SMILES string of the molecule is O=C1c2ccc3c4ccc5c6c(ccc(c7ccc(c2c37)C(=O)N1c1ccccc1Cl)c64)C(=O)N(c1ccccc1Cl)C5=O. The molecule has 7 aromatic carbocycles. The second kappa shape index (κ2) is 8.63. The van der Waals surface area contributed by atoms with Gasteiger partial charge in [0, 0.05) is 33.0 Å². The van der Waals surface area contributed by atoms with E-state index in [1.807, 2.05) is 24.3 Å². The summed E-state index contributed by atoms with van der Waals surface area (Å²) >= 11 is 12.8. The highest BCUT2D eigenvalue weighted by atomic mass is 35.5. The maximum Gasteiger partial charge on any atom is 0.266 e. The Morgan fingerprint density at radius 3 is 0.955 bits per heavy atom. The second-order valence-electron chi connectivity index (χ2n) is 10.9. The van der Waals surface area contributed by atoms with Crippen molar-refractivity contribution in [1.82, 2.24) is 0 Å². The molecule has 2 aliphatic heterocycles. The van der Waals surface area contributed by atoms with Crippen LogP contribution in [0.4, 0.5) is 11.4 Å². The van der Waals surface area contributed by atoms with Crippen molar-refractivity contribution >= 4 is 101 Å². The zero-order valence-corrected chi connectivity index (χ0v) is 24.0. The lowest BCUT2D eigenvalue weighted by molar-refractivity contribution is 0.0877. The summed E-state index contributed by atoms with van der Waals surface area (Å²) in [6, 6.07) is 28.0. The van der Waals surface area contributed by atoms with Gasteiger partial charge in [-0.2, -0.15) is 0 Å². The molecule has 2 aliphatic rings. The molecule has 208 valence electrons. The molecule has 6 nitrogen and oxygen atoms in total. The number of hydrogen-bond donors (Lipinski definition) is 0. The molecule has 0 radical (unpaired) electrons. The molecule has 0 spiro atoms. The summed E-state index contributed by atoms with van der Waals surface area (Å²) in [7, 11) is 0. The van der Waals surface area contributed by atoms with Crippen molar-refractivity contribution in [3.63, 3.8) is 0 Å². The van der Waals surface area contributed by atoms with Gasteiger partial charge < -0.3 is 0 Å². The van der Waals surface area contributed by atoms with Gasteiger partial charge in [-0.25, -0.2) is 9.80 Å². The van der Waals surface area contributed by atoms with Crippen molar-refractivity contribution in [1.29, 1.82) is 0 Å². The molecule has 7 aromatic rings. The van der Waals surface area contributed by atoms with E-state index in [4.69, 9.17) is 23.2 Å². The molecule has 44 heavy (non-hydrogen) atoms. The van der Waals surface area contributed by atoms with E-state index in [1.165, 1.54) is 0 Å². The number of nitrogens with zero attached hydrogens (tertiary/aromatic N) is 2. The molecule has 0 N–H and O–H groups in total. The van der Waals surface area contributed by atoms with E-state index in [9.17, 15) is 19.2 Å². The van der Waals surface area contributed by atoms with Gasteiger partial charge in [0.15, 0.2) is 0 Å². The van der Waals surface area contributed by atoms with Crippen LogP contribution in [0.3, 0.4) is 0 Å². The van der Waals surface area contributed by atoms with Gasteiger partial charge >= 0.3 is 0 Å². The van der Waals surface area contributed by atoms with E-state index in [0.29, 0.717) is 54.4 Å². The molecule has 4 amide bonds. The smallest absolute Gasteiger partial charge is 0.266 e. The Hall–Kier alpha value is -5.30. The number of amides is 4. The van der Waals surface area contributed by atoms with E-state index in [0.717, 1.165) is 42.1 Å². The van der Waals surface area contributed by atoms with Crippen LogP contribution in [0, 0.1) is 0 Å². The van der Waals surface area contributed by atoms with E-state index in [1.54, 1.807) is 72.8 Å². The van der Waals surface area contributed by atoms with Gasteiger partial charge in [0.2, 0.25) is 0 Å². The predicted octanol–water partition coefficient (Wildman–Crippen LogP) is 8.65. The van der Waals surface area contributed by atoms with Crippen LogP contribution in [0.15, 0.2) is 97.1 Å². The van der Waals surface area contributed by atoms with Crippen molar-refractivity contribution < 1.29 is 19.2 Å². The summed E-state index contributed by atoms with van der Waals surface area (Å²) < 4.78 is 0. The Labute approximate surface area is 258 Å². The quantitative estimate of drug-likeness (QED) is 0.111. The zero-order chi connectivity index (χ0) is 30.0. The Kier molecular flexibility index (Phi) is 4.95. The minimum Gasteiger partial charge on any atom is -0.268 e. The topological polar surface area (TPSA) is 74.8 Å². The molecule has 0 bridgehead atoms. The molecule has 2 heterocycles. The van der Waals surface area contributed by atoms with Gasteiger partial charge in [0.05, 0.1) is 21.4 Å². The number of benzene rings is 7. The van der Waals surface area contributed by atoms with Crippen LogP contribution in [0.1, 0.15) is 41.4 Å². The van der Waals surface area contributed by atoms with E-state index >= 15 is 0 Å². The average Bonchev–Trinajstić information content (AvgIpc) is 3.03.